The molecule has 1 aromatic rings. The third kappa shape index (κ3) is 3.09. The summed E-state index contributed by atoms with van der Waals surface area (Å²) in [6.45, 7) is 4.00. The Labute approximate surface area is 66.9 Å². The molecular formula is C8H13N3. The van der Waals surface area contributed by atoms with Gasteiger partial charge in [0.15, 0.2) is 0 Å². The van der Waals surface area contributed by atoms with E-state index >= 15 is 0 Å². The van der Waals surface area contributed by atoms with Crippen LogP contribution in [0.3, 0.4) is 0 Å². The molecule has 3 nitrogen and oxygen atoms in total. The lowest BCUT2D eigenvalue weighted by Crippen LogP contribution is -2.14. The molecule has 1 N–H and O–H groups in total. The molecule has 3 heteroatoms. The first-order valence-electron chi connectivity index (χ1n) is 3.89. The minimum absolute atomic E-state index is 0.821. The largest absolute Gasteiger partial charge is 0.311 e. The predicted molar refractivity (Wildman–Crippen MR) is 44.0 cm³/mol. The highest BCUT2D eigenvalue weighted by molar-refractivity contribution is 4.93. The highest BCUT2D eigenvalue weighted by atomic mass is 14.9. The van der Waals surface area contributed by atoms with Gasteiger partial charge in [-0.3, -0.25) is 9.97 Å². The van der Waals surface area contributed by atoms with E-state index in [1.54, 1.807) is 18.6 Å². The number of nitrogens with zero attached hydrogens (tertiary/aromatic N) is 2. The van der Waals surface area contributed by atoms with Crippen LogP contribution in [0.5, 0.6) is 0 Å². The molecule has 0 saturated heterocycles. The van der Waals surface area contributed by atoms with E-state index < -0.39 is 0 Å². The average molecular weight is 151 g/mol. The first-order valence-corrected chi connectivity index (χ1v) is 3.89. The van der Waals surface area contributed by atoms with Crippen LogP contribution in [-0.4, -0.2) is 16.5 Å². The molecular weight excluding hydrogens is 138 g/mol. The number of rotatable bonds is 4. The van der Waals surface area contributed by atoms with Gasteiger partial charge in [0, 0.05) is 25.1 Å². The van der Waals surface area contributed by atoms with E-state index in [0.29, 0.717) is 0 Å². The van der Waals surface area contributed by atoms with E-state index in [1.165, 1.54) is 0 Å². The Morgan fingerprint density at radius 1 is 1.45 bits per heavy atom. The quantitative estimate of drug-likeness (QED) is 0.652. The highest BCUT2D eigenvalue weighted by Gasteiger charge is 1.89. The smallest absolute Gasteiger partial charge is 0.0724 e. The Hall–Kier alpha value is -0.960. The van der Waals surface area contributed by atoms with Crippen molar-refractivity contribution in [3.8, 4) is 0 Å². The Morgan fingerprint density at radius 3 is 3.00 bits per heavy atom. The van der Waals surface area contributed by atoms with Crippen molar-refractivity contribution in [1.29, 1.82) is 0 Å². The van der Waals surface area contributed by atoms with Crippen LogP contribution in [0.2, 0.25) is 0 Å². The number of hydrogen-bond donors (Lipinski definition) is 1. The van der Waals surface area contributed by atoms with Gasteiger partial charge in [-0.25, -0.2) is 0 Å². The fourth-order valence-corrected chi connectivity index (χ4v) is 0.814. The molecule has 0 aliphatic rings. The molecule has 0 fully saturated rings. The number of nitrogens with one attached hydrogen (secondary N) is 1. The Kier molecular flexibility index (Phi) is 3.55. The summed E-state index contributed by atoms with van der Waals surface area (Å²) in [6.07, 6.45) is 6.33. The van der Waals surface area contributed by atoms with Gasteiger partial charge < -0.3 is 5.32 Å². The summed E-state index contributed by atoms with van der Waals surface area (Å²) >= 11 is 0. The number of hydrogen-bond acceptors (Lipinski definition) is 3. The fraction of sp³-hybridized carbons (Fsp3) is 0.500. The second-order valence-electron chi connectivity index (χ2n) is 2.37. The van der Waals surface area contributed by atoms with Crippen molar-refractivity contribution in [3.63, 3.8) is 0 Å². The van der Waals surface area contributed by atoms with Crippen molar-refractivity contribution in [2.75, 3.05) is 6.54 Å². The van der Waals surface area contributed by atoms with Crippen LogP contribution in [0.4, 0.5) is 0 Å². The van der Waals surface area contributed by atoms with E-state index in [-0.39, 0.29) is 0 Å². The van der Waals surface area contributed by atoms with Gasteiger partial charge in [0.1, 0.15) is 0 Å². The topological polar surface area (TPSA) is 37.8 Å². The van der Waals surface area contributed by atoms with Crippen LogP contribution in [0, 0.1) is 0 Å². The van der Waals surface area contributed by atoms with E-state index in [1.807, 2.05) is 0 Å². The highest BCUT2D eigenvalue weighted by Crippen LogP contribution is 1.87. The van der Waals surface area contributed by atoms with E-state index in [4.69, 9.17) is 0 Å². The Bertz CT molecular complexity index is 186. The fourth-order valence-electron chi connectivity index (χ4n) is 0.814. The van der Waals surface area contributed by atoms with E-state index in [2.05, 4.69) is 22.2 Å². The van der Waals surface area contributed by atoms with Gasteiger partial charge in [-0.1, -0.05) is 6.92 Å². The minimum atomic E-state index is 0.821. The summed E-state index contributed by atoms with van der Waals surface area (Å²) in [5.41, 5.74) is 1.00. The lowest BCUT2D eigenvalue weighted by Gasteiger charge is -1.99. The van der Waals surface area contributed by atoms with Crippen molar-refractivity contribution in [2.45, 2.75) is 19.9 Å². The van der Waals surface area contributed by atoms with Crippen LogP contribution in [0.25, 0.3) is 0 Å². The molecule has 0 unspecified atom stereocenters. The monoisotopic (exact) mass is 151 g/mol. The standard InChI is InChI=1S/C8H13N3/c1-2-3-9-6-8-7-10-4-5-11-8/h4-5,7,9H,2-3,6H2,1H3. The van der Waals surface area contributed by atoms with Crippen LogP contribution in [0.1, 0.15) is 19.0 Å². The van der Waals surface area contributed by atoms with Crippen molar-refractivity contribution in [2.24, 2.45) is 0 Å². The maximum atomic E-state index is 4.13. The predicted octanol–water partition coefficient (Wildman–Crippen LogP) is 0.976. The minimum Gasteiger partial charge on any atom is -0.311 e. The van der Waals surface area contributed by atoms with E-state index in [9.17, 15) is 0 Å². The van der Waals surface area contributed by atoms with Gasteiger partial charge in [-0.15, -0.1) is 0 Å². The second kappa shape index (κ2) is 4.79. The van der Waals surface area contributed by atoms with Crippen molar-refractivity contribution in [1.82, 2.24) is 15.3 Å². The first kappa shape index (κ1) is 8.14. The summed E-state index contributed by atoms with van der Waals surface area (Å²) in [5.74, 6) is 0. The molecule has 0 amide bonds. The Morgan fingerprint density at radius 2 is 2.36 bits per heavy atom. The van der Waals surface area contributed by atoms with Gasteiger partial charge in [-0.2, -0.15) is 0 Å². The zero-order chi connectivity index (χ0) is 7.94. The molecule has 0 bridgehead atoms. The molecule has 0 aliphatic carbocycles. The molecule has 0 atom stereocenters. The van der Waals surface area contributed by atoms with Gasteiger partial charge >= 0.3 is 0 Å². The molecule has 1 heterocycles. The van der Waals surface area contributed by atoms with Gasteiger partial charge in [0.05, 0.1) is 5.69 Å². The summed E-state index contributed by atoms with van der Waals surface area (Å²) in [6, 6.07) is 0. The zero-order valence-electron chi connectivity index (χ0n) is 6.75. The third-order valence-electron chi connectivity index (χ3n) is 1.35. The van der Waals surface area contributed by atoms with Crippen molar-refractivity contribution >= 4 is 0 Å². The maximum absolute atomic E-state index is 4.13. The summed E-state index contributed by atoms with van der Waals surface area (Å²) < 4.78 is 0. The van der Waals surface area contributed by atoms with Crippen LogP contribution in [0.15, 0.2) is 18.6 Å². The average Bonchev–Trinajstić information content (AvgIpc) is 2.07. The molecule has 0 aliphatic heterocycles. The van der Waals surface area contributed by atoms with Crippen molar-refractivity contribution < 1.29 is 0 Å². The number of aromatic nitrogens is 2. The normalized spacial score (nSPS) is 9.91. The third-order valence-corrected chi connectivity index (χ3v) is 1.35. The lowest BCUT2D eigenvalue weighted by atomic mass is 10.4. The zero-order valence-corrected chi connectivity index (χ0v) is 6.75. The van der Waals surface area contributed by atoms with E-state index in [0.717, 1.165) is 25.2 Å². The first-order chi connectivity index (χ1) is 5.43. The molecule has 1 rings (SSSR count). The second-order valence-corrected chi connectivity index (χ2v) is 2.37. The SMILES string of the molecule is CCCNCc1cnccn1. The molecule has 0 aromatic carbocycles. The van der Waals surface area contributed by atoms with Gasteiger partial charge in [-0.05, 0) is 13.0 Å². The molecule has 1 aromatic heterocycles. The van der Waals surface area contributed by atoms with Crippen LogP contribution < -0.4 is 5.32 Å². The molecule has 0 saturated carbocycles. The molecule has 0 radical (unpaired) electrons. The van der Waals surface area contributed by atoms with Crippen molar-refractivity contribution in [3.05, 3.63) is 24.3 Å². The summed E-state index contributed by atoms with van der Waals surface area (Å²) in [7, 11) is 0. The maximum Gasteiger partial charge on any atom is 0.0724 e. The summed E-state index contributed by atoms with van der Waals surface area (Å²) in [5, 5.41) is 3.25. The molecule has 60 valence electrons. The lowest BCUT2D eigenvalue weighted by molar-refractivity contribution is 0.662. The molecule has 0 spiro atoms. The Balaban J connectivity index is 2.28. The van der Waals surface area contributed by atoms with Crippen LogP contribution >= 0.6 is 0 Å². The summed E-state index contributed by atoms with van der Waals surface area (Å²) in [4.78, 5) is 8.09. The van der Waals surface area contributed by atoms with Gasteiger partial charge in [0.2, 0.25) is 0 Å². The van der Waals surface area contributed by atoms with Gasteiger partial charge in [0.25, 0.3) is 0 Å². The molecule has 11 heavy (non-hydrogen) atoms. The van der Waals surface area contributed by atoms with Crippen LogP contribution in [-0.2, 0) is 6.54 Å².